The zero-order chi connectivity index (χ0) is 20.9. The third kappa shape index (κ3) is 5.65. The number of nitrogens with one attached hydrogen (secondary N) is 2. The second-order valence-corrected chi connectivity index (χ2v) is 9.16. The van der Waals surface area contributed by atoms with Crippen LogP contribution in [0.25, 0.3) is 0 Å². The van der Waals surface area contributed by atoms with Crippen LogP contribution < -0.4 is 10.0 Å². The first-order chi connectivity index (χ1) is 13.9. The van der Waals surface area contributed by atoms with Crippen LogP contribution in [0.15, 0.2) is 64.9 Å². The van der Waals surface area contributed by atoms with Crippen LogP contribution in [0.3, 0.4) is 0 Å². The van der Waals surface area contributed by atoms with E-state index in [1.165, 1.54) is 17.7 Å². The Morgan fingerprint density at radius 2 is 1.79 bits per heavy atom. The normalized spacial score (nSPS) is 12.3. The summed E-state index contributed by atoms with van der Waals surface area (Å²) in [5.41, 5.74) is 2.80. The van der Waals surface area contributed by atoms with E-state index in [1.54, 1.807) is 23.6 Å². The number of amides is 1. The Balaban J connectivity index is 1.58. The van der Waals surface area contributed by atoms with E-state index < -0.39 is 10.0 Å². The van der Waals surface area contributed by atoms with Gasteiger partial charge in [0.1, 0.15) is 0 Å². The molecule has 2 N–H and O–H groups in total. The van der Waals surface area contributed by atoms with Gasteiger partial charge in [-0.2, -0.15) is 0 Å². The number of anilines is 1. The van der Waals surface area contributed by atoms with E-state index in [1.807, 2.05) is 19.1 Å². The summed E-state index contributed by atoms with van der Waals surface area (Å²) in [6.07, 6.45) is 1.06. The number of nitrogens with zero attached hydrogens (tertiary/aromatic N) is 1. The van der Waals surface area contributed by atoms with Crippen molar-refractivity contribution >= 4 is 32.4 Å². The van der Waals surface area contributed by atoms with Crippen molar-refractivity contribution in [2.24, 2.45) is 0 Å². The lowest BCUT2D eigenvalue weighted by Gasteiger charge is -2.14. The smallest absolute Gasteiger partial charge is 0.263 e. The van der Waals surface area contributed by atoms with Crippen LogP contribution in [0.5, 0.6) is 0 Å². The monoisotopic (exact) mass is 429 g/mol. The molecular formula is C21H23N3O3S2. The lowest BCUT2D eigenvalue weighted by atomic mass is 10.0. The molecule has 0 aliphatic heterocycles. The number of carbonyl (C=O) groups excluding carboxylic acids is 1. The van der Waals surface area contributed by atoms with Crippen LogP contribution in [-0.4, -0.2) is 19.3 Å². The van der Waals surface area contributed by atoms with Crippen molar-refractivity contribution < 1.29 is 13.2 Å². The molecule has 0 spiro atoms. The molecule has 0 bridgehead atoms. The molecule has 8 heteroatoms. The molecule has 29 heavy (non-hydrogen) atoms. The van der Waals surface area contributed by atoms with Gasteiger partial charge in [0.05, 0.1) is 23.1 Å². The van der Waals surface area contributed by atoms with Crippen molar-refractivity contribution in [2.75, 3.05) is 4.72 Å². The summed E-state index contributed by atoms with van der Waals surface area (Å²) < 4.78 is 27.2. The fraction of sp³-hybridized carbons (Fsp3) is 0.238. The van der Waals surface area contributed by atoms with Gasteiger partial charge in [-0.05, 0) is 36.6 Å². The number of rotatable bonds is 8. The fourth-order valence-electron chi connectivity index (χ4n) is 2.79. The SMILES string of the molecule is CCc1ccc(C(C)NC(=O)Cc2csc(NS(=O)(=O)c3ccccc3)n2)cc1. The number of aryl methyl sites for hydroxylation is 1. The molecule has 1 amide bonds. The summed E-state index contributed by atoms with van der Waals surface area (Å²) in [4.78, 5) is 16.7. The molecule has 3 rings (SSSR count). The minimum absolute atomic E-state index is 0.0843. The van der Waals surface area contributed by atoms with Crippen LogP contribution in [0, 0.1) is 0 Å². The Labute approximate surface area is 175 Å². The molecular weight excluding hydrogens is 406 g/mol. The lowest BCUT2D eigenvalue weighted by molar-refractivity contribution is -0.121. The van der Waals surface area contributed by atoms with Gasteiger partial charge in [-0.3, -0.25) is 9.52 Å². The highest BCUT2D eigenvalue weighted by Crippen LogP contribution is 2.21. The van der Waals surface area contributed by atoms with Gasteiger partial charge in [0.25, 0.3) is 10.0 Å². The first-order valence-corrected chi connectivity index (χ1v) is 11.6. The standard InChI is InChI=1S/C21H23N3O3S2/c1-3-16-9-11-17(12-10-16)15(2)22-20(25)13-18-14-28-21(23-18)24-29(26,27)19-7-5-4-6-8-19/h4-12,14-15H,3,13H2,1-2H3,(H,22,25)(H,23,24). The first-order valence-electron chi connectivity index (χ1n) is 9.28. The number of carbonyl (C=O) groups is 1. The van der Waals surface area contributed by atoms with E-state index >= 15 is 0 Å². The average molecular weight is 430 g/mol. The summed E-state index contributed by atoms with van der Waals surface area (Å²) in [6, 6.07) is 16.1. The summed E-state index contributed by atoms with van der Waals surface area (Å²) in [5, 5.41) is 4.87. The molecule has 1 heterocycles. The third-order valence-corrected chi connectivity index (χ3v) is 6.72. The summed E-state index contributed by atoms with van der Waals surface area (Å²) in [5.74, 6) is -0.167. The van der Waals surface area contributed by atoms with Gasteiger partial charge in [-0.15, -0.1) is 11.3 Å². The highest BCUT2D eigenvalue weighted by Gasteiger charge is 2.17. The van der Waals surface area contributed by atoms with Crippen LogP contribution in [0.2, 0.25) is 0 Å². The van der Waals surface area contributed by atoms with Gasteiger partial charge < -0.3 is 5.32 Å². The maximum Gasteiger partial charge on any atom is 0.263 e. The number of thiazole rings is 1. The Morgan fingerprint density at radius 1 is 1.10 bits per heavy atom. The van der Waals surface area contributed by atoms with Gasteiger partial charge in [0.15, 0.2) is 5.13 Å². The van der Waals surface area contributed by atoms with E-state index in [2.05, 4.69) is 34.1 Å². The third-order valence-electron chi connectivity index (χ3n) is 4.43. The van der Waals surface area contributed by atoms with Gasteiger partial charge in [0.2, 0.25) is 5.91 Å². The van der Waals surface area contributed by atoms with Crippen molar-refractivity contribution in [3.05, 3.63) is 76.8 Å². The van der Waals surface area contributed by atoms with E-state index in [0.29, 0.717) is 5.69 Å². The first kappa shape index (κ1) is 21.0. The van der Waals surface area contributed by atoms with Gasteiger partial charge >= 0.3 is 0 Å². The van der Waals surface area contributed by atoms with E-state index in [0.717, 1.165) is 23.3 Å². The quantitative estimate of drug-likeness (QED) is 0.568. The molecule has 0 saturated heterocycles. The van der Waals surface area contributed by atoms with Gasteiger partial charge in [-0.1, -0.05) is 49.4 Å². The predicted octanol–water partition coefficient (Wildman–Crippen LogP) is 3.93. The molecule has 0 fully saturated rings. The maximum atomic E-state index is 12.4. The van der Waals surface area contributed by atoms with E-state index in [9.17, 15) is 13.2 Å². The van der Waals surface area contributed by atoms with Crippen LogP contribution in [0.1, 0.15) is 36.7 Å². The molecule has 3 aromatic rings. The lowest BCUT2D eigenvalue weighted by Crippen LogP contribution is -2.28. The summed E-state index contributed by atoms with van der Waals surface area (Å²) in [7, 11) is -3.69. The van der Waals surface area contributed by atoms with Gasteiger partial charge in [0, 0.05) is 5.38 Å². The van der Waals surface area contributed by atoms with Crippen molar-refractivity contribution in [1.29, 1.82) is 0 Å². The molecule has 0 radical (unpaired) electrons. The second-order valence-electron chi connectivity index (χ2n) is 6.62. The number of hydrogen-bond donors (Lipinski definition) is 2. The fourth-order valence-corrected chi connectivity index (χ4v) is 4.77. The van der Waals surface area contributed by atoms with E-state index in [-0.39, 0.29) is 28.4 Å². The molecule has 1 atom stereocenters. The minimum atomic E-state index is -3.69. The summed E-state index contributed by atoms with van der Waals surface area (Å²) >= 11 is 1.15. The Hall–Kier alpha value is -2.71. The Kier molecular flexibility index (Phi) is 6.66. The summed E-state index contributed by atoms with van der Waals surface area (Å²) in [6.45, 7) is 4.03. The largest absolute Gasteiger partial charge is 0.349 e. The molecule has 1 aromatic heterocycles. The highest BCUT2D eigenvalue weighted by molar-refractivity contribution is 7.93. The predicted molar refractivity (Wildman–Crippen MR) is 115 cm³/mol. The molecule has 152 valence electrons. The van der Waals surface area contributed by atoms with E-state index in [4.69, 9.17) is 0 Å². The average Bonchev–Trinajstić information content (AvgIpc) is 3.14. The number of benzene rings is 2. The molecule has 0 aliphatic rings. The number of hydrogen-bond acceptors (Lipinski definition) is 5. The van der Waals surface area contributed by atoms with Crippen LogP contribution in [-0.2, 0) is 27.7 Å². The highest BCUT2D eigenvalue weighted by atomic mass is 32.2. The Morgan fingerprint density at radius 3 is 2.45 bits per heavy atom. The molecule has 2 aromatic carbocycles. The van der Waals surface area contributed by atoms with Crippen LogP contribution in [0.4, 0.5) is 5.13 Å². The second kappa shape index (κ2) is 9.19. The van der Waals surface area contributed by atoms with Crippen molar-refractivity contribution in [1.82, 2.24) is 10.3 Å². The van der Waals surface area contributed by atoms with Crippen LogP contribution >= 0.6 is 11.3 Å². The molecule has 0 saturated carbocycles. The zero-order valence-corrected chi connectivity index (χ0v) is 17.9. The van der Waals surface area contributed by atoms with Gasteiger partial charge in [-0.25, -0.2) is 13.4 Å². The molecule has 1 unspecified atom stereocenters. The molecule has 6 nitrogen and oxygen atoms in total. The maximum absolute atomic E-state index is 12.4. The minimum Gasteiger partial charge on any atom is -0.349 e. The zero-order valence-electron chi connectivity index (χ0n) is 16.3. The number of aromatic nitrogens is 1. The number of sulfonamides is 1. The van der Waals surface area contributed by atoms with Crippen molar-refractivity contribution in [3.8, 4) is 0 Å². The molecule has 0 aliphatic carbocycles. The topological polar surface area (TPSA) is 88.2 Å². The van der Waals surface area contributed by atoms with Crippen molar-refractivity contribution in [3.63, 3.8) is 0 Å². The van der Waals surface area contributed by atoms with Crippen molar-refractivity contribution in [2.45, 2.75) is 37.6 Å². The Bertz CT molecular complexity index is 1060.